The van der Waals surface area contributed by atoms with E-state index in [4.69, 9.17) is 0 Å². The lowest BCUT2D eigenvalue weighted by Crippen LogP contribution is -2.35. The zero-order chi connectivity index (χ0) is 17.1. The van der Waals surface area contributed by atoms with Crippen molar-refractivity contribution in [2.24, 2.45) is 0 Å². The van der Waals surface area contributed by atoms with Gasteiger partial charge >= 0.3 is 11.9 Å². The third kappa shape index (κ3) is 2.08. The molecule has 1 aliphatic rings. The molecule has 1 N–H and O–H groups in total. The first-order valence-corrected chi connectivity index (χ1v) is 7.24. The number of H-pyrrole nitrogens is 1. The standard InChI is InChI=1S/C15H11F3N4O2/c16-15(17,18)9-3-1-2-8(6-9)11-4-5-21-13-10(7-19-22(11)13)12(23)20-14(21)24/h1-3,6-7,11H,4-5H2,(H,20,23,24). The fourth-order valence-electron chi connectivity index (χ4n) is 3.15. The molecule has 0 aliphatic carbocycles. The lowest BCUT2D eigenvalue weighted by molar-refractivity contribution is -0.137. The second-order valence-corrected chi connectivity index (χ2v) is 5.67. The lowest BCUT2D eigenvalue weighted by atomic mass is 10.00. The van der Waals surface area contributed by atoms with Gasteiger partial charge in [0.25, 0.3) is 5.56 Å². The van der Waals surface area contributed by atoms with Gasteiger partial charge < -0.3 is 0 Å². The molecule has 1 aromatic carbocycles. The normalized spacial score (nSPS) is 17.4. The number of nitrogens with zero attached hydrogens (tertiary/aromatic N) is 3. The number of aromatic nitrogens is 4. The fourth-order valence-corrected chi connectivity index (χ4v) is 3.15. The molecule has 9 heteroatoms. The van der Waals surface area contributed by atoms with E-state index in [9.17, 15) is 22.8 Å². The van der Waals surface area contributed by atoms with Gasteiger partial charge in [0.15, 0.2) is 0 Å². The van der Waals surface area contributed by atoms with Crippen molar-refractivity contribution in [3.8, 4) is 0 Å². The first-order valence-electron chi connectivity index (χ1n) is 7.24. The van der Waals surface area contributed by atoms with Crippen LogP contribution in [-0.4, -0.2) is 19.3 Å². The number of aryl methyl sites for hydroxylation is 1. The van der Waals surface area contributed by atoms with Crippen molar-refractivity contribution in [1.29, 1.82) is 0 Å². The molecule has 4 rings (SSSR count). The summed E-state index contributed by atoms with van der Waals surface area (Å²) in [6.45, 7) is 0.290. The summed E-state index contributed by atoms with van der Waals surface area (Å²) in [5.41, 5.74) is -1.07. The van der Waals surface area contributed by atoms with Gasteiger partial charge in [0.1, 0.15) is 11.0 Å². The maximum Gasteiger partial charge on any atom is 0.416 e. The van der Waals surface area contributed by atoms with Gasteiger partial charge in [-0.1, -0.05) is 12.1 Å². The Morgan fingerprint density at radius 3 is 2.79 bits per heavy atom. The minimum absolute atomic E-state index is 0.242. The Morgan fingerprint density at radius 1 is 1.25 bits per heavy atom. The first kappa shape index (κ1) is 14.7. The molecule has 0 fully saturated rings. The fraction of sp³-hybridized carbons (Fsp3) is 0.267. The third-order valence-electron chi connectivity index (χ3n) is 4.26. The molecule has 1 aliphatic heterocycles. The highest BCUT2D eigenvalue weighted by atomic mass is 19.4. The van der Waals surface area contributed by atoms with E-state index < -0.39 is 29.0 Å². The van der Waals surface area contributed by atoms with Crippen LogP contribution in [0.15, 0.2) is 40.1 Å². The van der Waals surface area contributed by atoms with Gasteiger partial charge in [0, 0.05) is 6.54 Å². The summed E-state index contributed by atoms with van der Waals surface area (Å²) in [7, 11) is 0. The van der Waals surface area contributed by atoms with Crippen molar-refractivity contribution < 1.29 is 13.2 Å². The summed E-state index contributed by atoms with van der Waals surface area (Å²) in [6, 6.07) is 4.56. The number of nitrogens with one attached hydrogen (secondary N) is 1. The van der Waals surface area contributed by atoms with E-state index in [1.54, 1.807) is 6.07 Å². The Morgan fingerprint density at radius 2 is 2.04 bits per heavy atom. The predicted molar refractivity (Wildman–Crippen MR) is 78.8 cm³/mol. The quantitative estimate of drug-likeness (QED) is 0.738. The number of alkyl halides is 3. The summed E-state index contributed by atoms with van der Waals surface area (Å²) in [6.07, 6.45) is -2.71. The van der Waals surface area contributed by atoms with E-state index in [0.717, 1.165) is 12.1 Å². The topological polar surface area (TPSA) is 72.7 Å². The first-order chi connectivity index (χ1) is 11.4. The molecule has 6 nitrogen and oxygen atoms in total. The van der Waals surface area contributed by atoms with Crippen molar-refractivity contribution >= 4 is 11.0 Å². The van der Waals surface area contributed by atoms with E-state index >= 15 is 0 Å². The largest absolute Gasteiger partial charge is 0.416 e. The molecule has 3 aromatic rings. The van der Waals surface area contributed by atoms with Crippen LogP contribution in [0.1, 0.15) is 23.6 Å². The van der Waals surface area contributed by atoms with Crippen LogP contribution in [0.2, 0.25) is 0 Å². The molecular formula is C15H11F3N4O2. The molecule has 124 valence electrons. The van der Waals surface area contributed by atoms with Gasteiger partial charge in [0.2, 0.25) is 0 Å². The third-order valence-corrected chi connectivity index (χ3v) is 4.26. The maximum absolute atomic E-state index is 12.9. The number of hydrogen-bond acceptors (Lipinski definition) is 3. The van der Waals surface area contributed by atoms with Gasteiger partial charge in [0.05, 0.1) is 17.8 Å². The molecule has 2 aromatic heterocycles. The smallest absolute Gasteiger partial charge is 0.278 e. The summed E-state index contributed by atoms with van der Waals surface area (Å²) in [5.74, 6) is 0. The number of aromatic amines is 1. The molecular weight excluding hydrogens is 325 g/mol. The Bertz CT molecular complexity index is 1060. The summed E-state index contributed by atoms with van der Waals surface area (Å²) < 4.78 is 41.6. The van der Waals surface area contributed by atoms with Crippen LogP contribution >= 0.6 is 0 Å². The second kappa shape index (κ2) is 4.83. The molecule has 3 heterocycles. The van der Waals surface area contributed by atoms with Crippen molar-refractivity contribution in [2.75, 3.05) is 0 Å². The Hall–Kier alpha value is -2.84. The molecule has 0 saturated heterocycles. The molecule has 1 atom stereocenters. The molecule has 1 unspecified atom stereocenters. The summed E-state index contributed by atoms with van der Waals surface area (Å²) in [5, 5.41) is 4.38. The minimum Gasteiger partial charge on any atom is -0.278 e. The molecule has 0 saturated carbocycles. The van der Waals surface area contributed by atoms with E-state index in [-0.39, 0.29) is 5.39 Å². The zero-order valence-corrected chi connectivity index (χ0v) is 12.2. The van der Waals surface area contributed by atoms with Crippen LogP contribution in [0.3, 0.4) is 0 Å². The van der Waals surface area contributed by atoms with E-state index in [0.29, 0.717) is 24.2 Å². The highest BCUT2D eigenvalue weighted by Gasteiger charge is 2.32. The van der Waals surface area contributed by atoms with Gasteiger partial charge in [-0.25, -0.2) is 9.48 Å². The van der Waals surface area contributed by atoms with Crippen LogP contribution in [0.25, 0.3) is 11.0 Å². The summed E-state index contributed by atoms with van der Waals surface area (Å²) in [4.78, 5) is 26.0. The predicted octanol–water partition coefficient (Wildman–Crippen LogP) is 1.90. The maximum atomic E-state index is 12.9. The number of rotatable bonds is 1. The SMILES string of the molecule is O=c1[nH]c(=O)n2c3c1cnn3C(c1cccc(C(F)(F)F)c1)CC2. The second-order valence-electron chi connectivity index (χ2n) is 5.67. The monoisotopic (exact) mass is 336 g/mol. The molecule has 24 heavy (non-hydrogen) atoms. The Balaban J connectivity index is 1.92. The minimum atomic E-state index is -4.43. The lowest BCUT2D eigenvalue weighted by Gasteiger charge is -2.25. The highest BCUT2D eigenvalue weighted by molar-refractivity contribution is 5.74. The van der Waals surface area contributed by atoms with Gasteiger partial charge in [-0.2, -0.15) is 18.3 Å². The average molecular weight is 336 g/mol. The Kier molecular flexibility index (Phi) is 2.96. The van der Waals surface area contributed by atoms with Crippen LogP contribution < -0.4 is 11.2 Å². The molecule has 0 radical (unpaired) electrons. The van der Waals surface area contributed by atoms with Gasteiger partial charge in [-0.05, 0) is 24.1 Å². The van der Waals surface area contributed by atoms with Gasteiger partial charge in [-0.3, -0.25) is 14.3 Å². The highest BCUT2D eigenvalue weighted by Crippen LogP contribution is 2.34. The molecule has 0 spiro atoms. The van der Waals surface area contributed by atoms with E-state index in [1.165, 1.54) is 21.5 Å². The van der Waals surface area contributed by atoms with Crippen LogP contribution in [-0.2, 0) is 12.7 Å². The van der Waals surface area contributed by atoms with E-state index in [1.807, 2.05) is 0 Å². The zero-order valence-electron chi connectivity index (χ0n) is 12.2. The van der Waals surface area contributed by atoms with Crippen LogP contribution in [0, 0.1) is 0 Å². The Labute approximate surface area is 132 Å². The average Bonchev–Trinajstić information content (AvgIpc) is 2.97. The van der Waals surface area contributed by atoms with Crippen molar-refractivity contribution in [2.45, 2.75) is 25.2 Å². The van der Waals surface area contributed by atoms with Crippen molar-refractivity contribution in [1.82, 2.24) is 19.3 Å². The van der Waals surface area contributed by atoms with E-state index in [2.05, 4.69) is 10.1 Å². The van der Waals surface area contributed by atoms with Crippen molar-refractivity contribution in [3.05, 3.63) is 62.4 Å². The summed E-state index contributed by atoms with van der Waals surface area (Å²) >= 11 is 0. The number of hydrogen-bond donors (Lipinski definition) is 1. The van der Waals surface area contributed by atoms with Crippen LogP contribution in [0.5, 0.6) is 0 Å². The van der Waals surface area contributed by atoms with Crippen molar-refractivity contribution in [3.63, 3.8) is 0 Å². The molecule has 0 bridgehead atoms. The number of benzene rings is 1. The number of halogens is 3. The van der Waals surface area contributed by atoms with Gasteiger partial charge in [-0.15, -0.1) is 0 Å². The molecule has 0 amide bonds. The van der Waals surface area contributed by atoms with Crippen LogP contribution in [0.4, 0.5) is 13.2 Å².